The normalized spacial score (nSPS) is 21.7. The topological polar surface area (TPSA) is 150 Å². The number of rotatable bonds is 5. The van der Waals surface area contributed by atoms with Gasteiger partial charge in [0.2, 0.25) is 0 Å². The summed E-state index contributed by atoms with van der Waals surface area (Å²) in [5.41, 5.74) is 5.46. The van der Waals surface area contributed by atoms with Crippen molar-refractivity contribution in [3.63, 3.8) is 0 Å². The fraction of sp³-hybridized carbons (Fsp3) is 0.308. The van der Waals surface area contributed by atoms with E-state index in [0.29, 0.717) is 5.75 Å². The number of oxime groups is 1. The number of hydrogen-bond donors (Lipinski definition) is 2. The molecule has 0 radical (unpaired) electrons. The van der Waals surface area contributed by atoms with Crippen molar-refractivity contribution >= 4 is 51.7 Å². The number of fused-ring (bicyclic) bond motifs is 1. The van der Waals surface area contributed by atoms with E-state index in [1.807, 2.05) is 0 Å². The summed E-state index contributed by atoms with van der Waals surface area (Å²) in [5, 5.41) is 18.5. The minimum absolute atomic E-state index is 0. The van der Waals surface area contributed by atoms with Crippen LogP contribution in [0.5, 0.6) is 0 Å². The third kappa shape index (κ3) is 3.74. The van der Waals surface area contributed by atoms with Gasteiger partial charge in [-0.15, -0.1) is 23.1 Å². The molecule has 0 bridgehead atoms. The van der Waals surface area contributed by atoms with Crippen molar-refractivity contribution in [1.29, 1.82) is 0 Å². The average molecular weight is 405 g/mol. The zero-order valence-corrected chi connectivity index (χ0v) is 17.4. The Bertz CT molecular complexity index is 811. The number of nitrogens with zero attached hydrogens (tertiary/aromatic N) is 3. The van der Waals surface area contributed by atoms with Crippen LogP contribution in [0.3, 0.4) is 0 Å². The largest absolute Gasteiger partial charge is 1.00 e. The van der Waals surface area contributed by atoms with E-state index >= 15 is 0 Å². The van der Waals surface area contributed by atoms with E-state index in [2.05, 4.69) is 20.3 Å². The fourth-order valence-corrected chi connectivity index (χ4v) is 4.17. The van der Waals surface area contributed by atoms with Crippen LogP contribution in [0.15, 0.2) is 22.3 Å². The molecule has 1 aromatic heterocycles. The van der Waals surface area contributed by atoms with Gasteiger partial charge in [0, 0.05) is 11.1 Å². The number of β-lactam (4-membered cyclic amide) rings is 1. The Morgan fingerprint density at radius 3 is 2.85 bits per heavy atom. The molecule has 0 aromatic carbocycles. The summed E-state index contributed by atoms with van der Waals surface area (Å²) < 4.78 is 0. The van der Waals surface area contributed by atoms with Crippen molar-refractivity contribution in [3.8, 4) is 0 Å². The maximum absolute atomic E-state index is 12.5. The first-order valence-electron chi connectivity index (χ1n) is 6.93. The van der Waals surface area contributed by atoms with E-state index in [-0.39, 0.29) is 51.8 Å². The zero-order chi connectivity index (χ0) is 18.1. The minimum atomic E-state index is -1.43. The van der Waals surface area contributed by atoms with E-state index in [4.69, 9.17) is 5.73 Å². The van der Waals surface area contributed by atoms with Crippen LogP contribution in [0, 0.1) is 0 Å². The van der Waals surface area contributed by atoms with E-state index < -0.39 is 29.2 Å². The van der Waals surface area contributed by atoms with E-state index in [9.17, 15) is 19.5 Å². The number of carbonyl (C=O) groups excluding carboxylic acids is 3. The molecular formula is C13H12N5NaO5S2. The molecule has 2 atom stereocenters. The van der Waals surface area contributed by atoms with Crippen LogP contribution in [-0.4, -0.2) is 57.7 Å². The Morgan fingerprint density at radius 1 is 1.54 bits per heavy atom. The number of aliphatic carboxylic acids is 1. The van der Waals surface area contributed by atoms with Crippen LogP contribution in [0.25, 0.3) is 0 Å². The molecule has 2 amide bonds. The molecule has 1 unspecified atom stereocenters. The van der Waals surface area contributed by atoms with Crippen LogP contribution < -0.4 is 45.7 Å². The van der Waals surface area contributed by atoms with Crippen molar-refractivity contribution in [2.75, 3.05) is 18.6 Å². The Kier molecular flexibility index (Phi) is 6.69. The summed E-state index contributed by atoms with van der Waals surface area (Å²) in [7, 11) is 1.27. The molecule has 10 nitrogen and oxygen atoms in total. The van der Waals surface area contributed by atoms with Crippen molar-refractivity contribution in [2.45, 2.75) is 11.4 Å². The molecular weight excluding hydrogens is 393 g/mol. The molecule has 1 saturated heterocycles. The summed E-state index contributed by atoms with van der Waals surface area (Å²) in [6.07, 6.45) is 1.41. The summed E-state index contributed by atoms with van der Waals surface area (Å²) in [6.45, 7) is 0. The van der Waals surface area contributed by atoms with Gasteiger partial charge in [-0.1, -0.05) is 5.16 Å². The maximum Gasteiger partial charge on any atom is 1.00 e. The number of amides is 2. The molecule has 3 heterocycles. The molecule has 132 valence electrons. The Balaban J connectivity index is 0.00000243. The zero-order valence-electron chi connectivity index (χ0n) is 13.8. The standard InChI is InChI=1S/C13H13N5O5S2.Na/c1-23-17-7(5-4-25-13(14)15-5)9(19)16-8-10(20)18-6(12(21)22)2-3-24-11(8)18;/h2,4,8,11H,3H2,1H3,(H2,14,15)(H,16,19)(H,21,22);/q;+1/p-1/t8?,11-;/m0./s1. The smallest absolute Gasteiger partial charge is 0.543 e. The molecule has 2 aliphatic heterocycles. The molecule has 1 fully saturated rings. The van der Waals surface area contributed by atoms with Crippen molar-refractivity contribution in [1.82, 2.24) is 15.2 Å². The second-order valence-electron chi connectivity index (χ2n) is 4.95. The van der Waals surface area contributed by atoms with E-state index in [1.165, 1.54) is 30.3 Å². The quantitative estimate of drug-likeness (QED) is 0.214. The molecule has 26 heavy (non-hydrogen) atoms. The van der Waals surface area contributed by atoms with Crippen LogP contribution in [0.4, 0.5) is 5.13 Å². The SMILES string of the molecule is CON=C(C(=O)NC1C(=O)N2C(C(=O)[O-])=CCS[C@@H]12)c1csc(N)n1.[Na+]. The van der Waals surface area contributed by atoms with Crippen molar-refractivity contribution in [2.24, 2.45) is 5.16 Å². The third-order valence-electron chi connectivity index (χ3n) is 3.50. The summed E-state index contributed by atoms with van der Waals surface area (Å²) >= 11 is 2.46. The van der Waals surface area contributed by atoms with Gasteiger partial charge in [-0.05, 0) is 6.08 Å². The Morgan fingerprint density at radius 2 is 2.27 bits per heavy atom. The maximum atomic E-state index is 12.5. The fourth-order valence-electron chi connectivity index (χ4n) is 2.43. The third-order valence-corrected chi connectivity index (χ3v) is 5.36. The molecule has 13 heteroatoms. The van der Waals surface area contributed by atoms with Gasteiger partial charge in [0.1, 0.15) is 24.2 Å². The number of nitrogens with one attached hydrogen (secondary N) is 1. The van der Waals surface area contributed by atoms with Gasteiger partial charge in [0.15, 0.2) is 10.8 Å². The molecule has 0 spiro atoms. The van der Waals surface area contributed by atoms with Crippen LogP contribution in [0.1, 0.15) is 5.69 Å². The second kappa shape index (κ2) is 8.39. The van der Waals surface area contributed by atoms with Gasteiger partial charge in [-0.2, -0.15) is 0 Å². The molecule has 0 saturated carbocycles. The van der Waals surface area contributed by atoms with Crippen LogP contribution >= 0.6 is 23.1 Å². The number of thioether (sulfide) groups is 1. The van der Waals surface area contributed by atoms with Gasteiger partial charge < -0.3 is 25.8 Å². The van der Waals surface area contributed by atoms with E-state index in [1.54, 1.807) is 0 Å². The van der Waals surface area contributed by atoms with Gasteiger partial charge >= 0.3 is 29.6 Å². The number of anilines is 1. The average Bonchev–Trinajstić information content (AvgIpc) is 3.02. The number of carboxylic acids is 1. The minimum Gasteiger partial charge on any atom is -0.543 e. The molecule has 1 aromatic rings. The van der Waals surface area contributed by atoms with Crippen molar-refractivity contribution < 1.29 is 53.9 Å². The second-order valence-corrected chi connectivity index (χ2v) is 6.99. The van der Waals surface area contributed by atoms with Gasteiger partial charge in [0.05, 0.1) is 11.7 Å². The van der Waals surface area contributed by atoms with Gasteiger partial charge in [0.25, 0.3) is 11.8 Å². The monoisotopic (exact) mass is 405 g/mol. The number of carbonyl (C=O) groups is 3. The van der Waals surface area contributed by atoms with E-state index in [0.717, 1.165) is 16.2 Å². The molecule has 3 rings (SSSR count). The van der Waals surface area contributed by atoms with Crippen LogP contribution in [0.2, 0.25) is 0 Å². The summed E-state index contributed by atoms with van der Waals surface area (Å²) in [5.74, 6) is -2.24. The first-order chi connectivity index (χ1) is 11.9. The number of carboxylic acid groups (broad SMARTS) is 1. The van der Waals surface area contributed by atoms with Crippen molar-refractivity contribution in [3.05, 3.63) is 22.8 Å². The molecule has 0 aliphatic carbocycles. The predicted molar refractivity (Wildman–Crippen MR) is 88.2 cm³/mol. The predicted octanol–water partition coefficient (Wildman–Crippen LogP) is -4.89. The number of thiazole rings is 1. The number of nitrogen functional groups attached to an aromatic ring is 1. The Labute approximate surface area is 178 Å². The first kappa shape index (κ1) is 20.7. The number of nitrogens with two attached hydrogens (primary N) is 1. The Hall–Kier alpha value is -1.60. The molecule has 2 aliphatic rings. The van der Waals surface area contributed by atoms with Gasteiger partial charge in [-0.3, -0.25) is 14.5 Å². The van der Waals surface area contributed by atoms with Crippen LogP contribution in [-0.2, 0) is 19.2 Å². The number of aromatic nitrogens is 1. The number of hydrogen-bond acceptors (Lipinski definition) is 10. The molecule has 3 N–H and O–H groups in total. The van der Waals surface area contributed by atoms with Gasteiger partial charge in [-0.25, -0.2) is 4.98 Å². The first-order valence-corrected chi connectivity index (χ1v) is 8.86. The summed E-state index contributed by atoms with van der Waals surface area (Å²) in [4.78, 5) is 45.5. The summed E-state index contributed by atoms with van der Waals surface area (Å²) in [6, 6.07) is -0.876.